The highest BCUT2D eigenvalue weighted by atomic mass is 16.3. The highest BCUT2D eigenvalue weighted by Crippen LogP contribution is 2.33. The monoisotopic (exact) mass is 424 g/mol. The molecule has 8 nitrogen and oxygen atoms in total. The fourth-order valence-corrected chi connectivity index (χ4v) is 4.43. The zero-order valence-electron chi connectivity index (χ0n) is 17.6. The van der Waals surface area contributed by atoms with E-state index in [1.54, 1.807) is 4.90 Å². The van der Waals surface area contributed by atoms with E-state index in [4.69, 9.17) is 4.42 Å². The molecule has 1 aromatic carbocycles. The number of furan rings is 1. The largest absolute Gasteiger partial charge is 0.465 e. The van der Waals surface area contributed by atoms with Crippen molar-refractivity contribution in [3.8, 4) is 0 Å². The summed E-state index contributed by atoms with van der Waals surface area (Å²) in [6.45, 7) is 3.09. The molecule has 4 rings (SSSR count). The maximum Gasteiger partial charge on any atom is 0.318 e. The number of hydrogen-bond donors (Lipinski definition) is 3. The van der Waals surface area contributed by atoms with Crippen molar-refractivity contribution >= 4 is 17.8 Å². The Morgan fingerprint density at radius 3 is 2.65 bits per heavy atom. The molecule has 3 N–H and O–H groups in total. The second-order valence-electron chi connectivity index (χ2n) is 8.36. The first kappa shape index (κ1) is 21.0. The minimum Gasteiger partial charge on any atom is -0.465 e. The summed E-state index contributed by atoms with van der Waals surface area (Å²) in [5, 5.41) is 8.82. The maximum atomic E-state index is 12.7. The second-order valence-corrected chi connectivity index (χ2v) is 8.36. The molecule has 2 aromatic rings. The molecule has 0 radical (unpaired) electrons. The van der Waals surface area contributed by atoms with Gasteiger partial charge in [-0.25, -0.2) is 4.79 Å². The molecule has 0 spiro atoms. The number of amides is 4. The lowest BCUT2D eigenvalue weighted by Gasteiger charge is -2.23. The van der Waals surface area contributed by atoms with Crippen LogP contribution >= 0.6 is 0 Å². The fraction of sp³-hybridized carbons (Fsp3) is 0.435. The van der Waals surface area contributed by atoms with Gasteiger partial charge in [0, 0.05) is 25.0 Å². The first-order valence-corrected chi connectivity index (χ1v) is 10.7. The highest BCUT2D eigenvalue weighted by molar-refractivity contribution is 5.85. The van der Waals surface area contributed by atoms with Crippen molar-refractivity contribution < 1.29 is 18.8 Å². The Kier molecular flexibility index (Phi) is 6.25. The molecular weight excluding hydrogens is 396 g/mol. The molecule has 8 heteroatoms. The number of rotatable bonds is 5. The van der Waals surface area contributed by atoms with Crippen molar-refractivity contribution in [2.45, 2.75) is 38.9 Å². The van der Waals surface area contributed by atoms with Crippen molar-refractivity contribution in [1.29, 1.82) is 0 Å². The third-order valence-corrected chi connectivity index (χ3v) is 6.01. The highest BCUT2D eigenvalue weighted by Gasteiger charge is 2.42. The van der Waals surface area contributed by atoms with Crippen LogP contribution in [0.5, 0.6) is 0 Å². The third kappa shape index (κ3) is 5.25. The molecule has 2 heterocycles. The van der Waals surface area contributed by atoms with Gasteiger partial charge in [0.1, 0.15) is 18.1 Å². The zero-order chi connectivity index (χ0) is 21.8. The number of carbonyl (C=O) groups excluding carboxylic acids is 3. The van der Waals surface area contributed by atoms with E-state index in [9.17, 15) is 14.4 Å². The molecule has 1 aliphatic carbocycles. The van der Waals surface area contributed by atoms with E-state index < -0.39 is 0 Å². The standard InChI is InChI=1S/C23H28N4O4/c1-15-7-8-19(31-15)12-24-22(29)17-9-18-13-27(14-21(28)26-20(18)10-17)23(30)25-11-16-5-3-2-4-6-16/h2-8,17-18,20H,9-14H2,1H3,(H,24,29)(H,25,30)(H,26,28)/t17-,18+,20+/m0/s1. The van der Waals surface area contributed by atoms with Crippen LogP contribution in [0.1, 0.15) is 29.9 Å². The van der Waals surface area contributed by atoms with E-state index >= 15 is 0 Å². The van der Waals surface area contributed by atoms with Gasteiger partial charge in [0.25, 0.3) is 0 Å². The van der Waals surface area contributed by atoms with Crippen molar-refractivity contribution in [3.05, 3.63) is 59.5 Å². The number of aryl methyl sites for hydroxylation is 1. The lowest BCUT2D eigenvalue weighted by atomic mass is 10.0. The molecule has 3 atom stereocenters. The first-order valence-electron chi connectivity index (χ1n) is 10.7. The third-order valence-electron chi connectivity index (χ3n) is 6.01. The molecular formula is C23H28N4O4. The van der Waals surface area contributed by atoms with E-state index in [-0.39, 0.29) is 42.3 Å². The van der Waals surface area contributed by atoms with Crippen LogP contribution < -0.4 is 16.0 Å². The molecule has 1 saturated carbocycles. The van der Waals surface area contributed by atoms with E-state index in [0.717, 1.165) is 11.3 Å². The second kappa shape index (κ2) is 9.24. The Balaban J connectivity index is 1.32. The van der Waals surface area contributed by atoms with Crippen LogP contribution in [-0.4, -0.2) is 41.9 Å². The molecule has 0 bridgehead atoms. The van der Waals surface area contributed by atoms with Gasteiger partial charge in [-0.3, -0.25) is 9.59 Å². The number of fused-ring (bicyclic) bond motifs is 1. The first-order chi connectivity index (χ1) is 15.0. The lowest BCUT2D eigenvalue weighted by Crippen LogP contribution is -2.44. The summed E-state index contributed by atoms with van der Waals surface area (Å²) in [5.74, 6) is 1.15. The van der Waals surface area contributed by atoms with E-state index in [1.807, 2.05) is 49.4 Å². The van der Waals surface area contributed by atoms with Crippen molar-refractivity contribution in [2.75, 3.05) is 13.1 Å². The molecule has 164 valence electrons. The van der Waals surface area contributed by atoms with Gasteiger partial charge in [0.15, 0.2) is 0 Å². The van der Waals surface area contributed by atoms with Crippen molar-refractivity contribution in [3.63, 3.8) is 0 Å². The molecule has 2 aliphatic rings. The maximum absolute atomic E-state index is 12.7. The Morgan fingerprint density at radius 1 is 1.10 bits per heavy atom. The summed E-state index contributed by atoms with van der Waals surface area (Å²) in [6, 6.07) is 13.0. The van der Waals surface area contributed by atoms with Crippen LogP contribution in [0.3, 0.4) is 0 Å². The number of nitrogens with one attached hydrogen (secondary N) is 3. The predicted molar refractivity (Wildman–Crippen MR) is 114 cm³/mol. The Labute approximate surface area is 181 Å². The van der Waals surface area contributed by atoms with Crippen molar-refractivity contribution in [1.82, 2.24) is 20.9 Å². The zero-order valence-corrected chi connectivity index (χ0v) is 17.6. The smallest absolute Gasteiger partial charge is 0.318 e. The normalized spacial score (nSPS) is 22.9. The molecule has 31 heavy (non-hydrogen) atoms. The molecule has 1 aliphatic heterocycles. The average Bonchev–Trinajstić information content (AvgIpc) is 3.32. The van der Waals surface area contributed by atoms with Gasteiger partial charge in [0.05, 0.1) is 6.54 Å². The van der Waals surface area contributed by atoms with Gasteiger partial charge in [0.2, 0.25) is 11.8 Å². The molecule has 1 saturated heterocycles. The Hall–Kier alpha value is -3.29. The summed E-state index contributed by atoms with van der Waals surface area (Å²) in [5.41, 5.74) is 0.998. The minimum absolute atomic E-state index is 0.0301. The predicted octanol–water partition coefficient (Wildman–Crippen LogP) is 1.94. The number of nitrogens with zero attached hydrogens (tertiary/aromatic N) is 1. The van der Waals surface area contributed by atoms with E-state index in [0.29, 0.717) is 38.2 Å². The van der Waals surface area contributed by atoms with Gasteiger partial charge in [-0.05, 0) is 43.4 Å². The number of hydrogen-bond acceptors (Lipinski definition) is 4. The fourth-order valence-electron chi connectivity index (χ4n) is 4.43. The number of carbonyl (C=O) groups is 3. The van der Waals surface area contributed by atoms with Gasteiger partial charge >= 0.3 is 6.03 Å². The van der Waals surface area contributed by atoms with Gasteiger partial charge in [-0.2, -0.15) is 0 Å². The van der Waals surface area contributed by atoms with Crippen LogP contribution in [0.4, 0.5) is 4.79 Å². The van der Waals surface area contributed by atoms with Gasteiger partial charge in [-0.15, -0.1) is 0 Å². The Morgan fingerprint density at radius 2 is 1.90 bits per heavy atom. The van der Waals surface area contributed by atoms with E-state index in [1.165, 1.54) is 0 Å². The van der Waals surface area contributed by atoms with Crippen LogP contribution in [0.15, 0.2) is 46.9 Å². The van der Waals surface area contributed by atoms with E-state index in [2.05, 4.69) is 16.0 Å². The summed E-state index contributed by atoms with van der Waals surface area (Å²) < 4.78 is 5.49. The van der Waals surface area contributed by atoms with Crippen LogP contribution in [0.25, 0.3) is 0 Å². The summed E-state index contributed by atoms with van der Waals surface area (Å²) >= 11 is 0. The quantitative estimate of drug-likeness (QED) is 0.682. The van der Waals surface area contributed by atoms with Crippen LogP contribution in [0, 0.1) is 18.8 Å². The SMILES string of the molecule is Cc1ccc(CNC(=O)[C@H]2C[C@@H]3CN(C(=O)NCc4ccccc4)CC(=O)N[C@@H]3C2)o1. The summed E-state index contributed by atoms with van der Waals surface area (Å²) in [4.78, 5) is 39.2. The number of urea groups is 1. The molecule has 0 unspecified atom stereocenters. The van der Waals surface area contributed by atoms with Gasteiger partial charge < -0.3 is 25.3 Å². The van der Waals surface area contributed by atoms with Crippen LogP contribution in [-0.2, 0) is 22.7 Å². The number of benzene rings is 1. The van der Waals surface area contributed by atoms with Gasteiger partial charge in [-0.1, -0.05) is 30.3 Å². The topological polar surface area (TPSA) is 104 Å². The average molecular weight is 425 g/mol. The summed E-state index contributed by atoms with van der Waals surface area (Å²) in [7, 11) is 0. The Bertz CT molecular complexity index is 942. The molecule has 1 aromatic heterocycles. The summed E-state index contributed by atoms with van der Waals surface area (Å²) in [6.07, 6.45) is 1.22. The van der Waals surface area contributed by atoms with Crippen molar-refractivity contribution in [2.24, 2.45) is 11.8 Å². The minimum atomic E-state index is -0.263. The molecule has 2 fully saturated rings. The van der Waals surface area contributed by atoms with Crippen LogP contribution in [0.2, 0.25) is 0 Å². The molecule has 4 amide bonds. The lowest BCUT2D eigenvalue weighted by molar-refractivity contribution is -0.126.